The van der Waals surface area contributed by atoms with E-state index in [0.29, 0.717) is 6.07 Å². The fraction of sp³-hybridized carbons (Fsp3) is 0.462. The van der Waals surface area contributed by atoms with Crippen LogP contribution in [0.1, 0.15) is 25.7 Å². The third-order valence-corrected chi connectivity index (χ3v) is 2.89. The Bertz CT molecular complexity index is 448. The van der Waals surface area contributed by atoms with Gasteiger partial charge in [-0.25, -0.2) is 14.3 Å². The van der Waals surface area contributed by atoms with E-state index in [-0.39, 0.29) is 18.5 Å². The Morgan fingerprint density at radius 2 is 2.05 bits per heavy atom. The minimum atomic E-state index is -0.843. The number of rotatable bonds is 5. The van der Waals surface area contributed by atoms with Crippen molar-refractivity contribution in [1.82, 2.24) is 5.48 Å². The van der Waals surface area contributed by atoms with Crippen molar-refractivity contribution in [2.24, 2.45) is 0 Å². The van der Waals surface area contributed by atoms with E-state index in [1.54, 1.807) is 0 Å². The Kier molecular flexibility index (Phi) is 4.68. The molecule has 1 amide bonds. The van der Waals surface area contributed by atoms with E-state index in [9.17, 15) is 13.6 Å². The zero-order valence-corrected chi connectivity index (χ0v) is 10.3. The van der Waals surface area contributed by atoms with E-state index in [1.807, 2.05) is 0 Å². The number of hydrogen-bond donors (Lipinski definition) is 1. The first-order valence-electron chi connectivity index (χ1n) is 6.17. The molecule has 1 aromatic rings. The van der Waals surface area contributed by atoms with Gasteiger partial charge in [-0.3, -0.25) is 9.63 Å². The first-order valence-corrected chi connectivity index (χ1v) is 6.17. The van der Waals surface area contributed by atoms with Crippen molar-refractivity contribution in [3.8, 4) is 5.75 Å². The van der Waals surface area contributed by atoms with Crippen LogP contribution in [0, 0.1) is 11.6 Å². The molecule has 0 radical (unpaired) electrons. The Morgan fingerprint density at radius 1 is 1.32 bits per heavy atom. The minimum absolute atomic E-state index is 0.0477. The molecule has 4 nitrogen and oxygen atoms in total. The van der Waals surface area contributed by atoms with Crippen molar-refractivity contribution in [1.29, 1.82) is 0 Å². The summed E-state index contributed by atoms with van der Waals surface area (Å²) in [7, 11) is 0. The Labute approximate surface area is 109 Å². The van der Waals surface area contributed by atoms with Crippen LogP contribution >= 0.6 is 0 Å². The summed E-state index contributed by atoms with van der Waals surface area (Å²) in [6.07, 6.45) is 4.09. The molecule has 0 heterocycles. The monoisotopic (exact) mass is 271 g/mol. The Hall–Kier alpha value is -1.69. The summed E-state index contributed by atoms with van der Waals surface area (Å²) >= 11 is 0. The molecule has 0 aromatic heterocycles. The van der Waals surface area contributed by atoms with Gasteiger partial charge in [-0.2, -0.15) is 0 Å². The molecule has 104 valence electrons. The predicted octanol–water partition coefficient (Wildman–Crippen LogP) is 2.33. The molecule has 0 spiro atoms. The number of amides is 1. The molecule has 1 N–H and O–H groups in total. The summed E-state index contributed by atoms with van der Waals surface area (Å²) in [5, 5.41) is 0. The number of benzene rings is 1. The first-order chi connectivity index (χ1) is 9.15. The third kappa shape index (κ3) is 4.17. The molecule has 1 saturated carbocycles. The van der Waals surface area contributed by atoms with Crippen LogP contribution < -0.4 is 10.2 Å². The minimum Gasteiger partial charge on any atom is -0.481 e. The second-order valence-electron chi connectivity index (χ2n) is 4.41. The van der Waals surface area contributed by atoms with Crippen LogP contribution in [0.3, 0.4) is 0 Å². The largest absolute Gasteiger partial charge is 0.481 e. The lowest BCUT2D eigenvalue weighted by molar-refractivity contribution is -0.140. The van der Waals surface area contributed by atoms with Crippen LogP contribution in [0.25, 0.3) is 0 Å². The molecule has 0 unspecified atom stereocenters. The number of hydrogen-bond acceptors (Lipinski definition) is 3. The van der Waals surface area contributed by atoms with Gasteiger partial charge >= 0.3 is 0 Å². The summed E-state index contributed by atoms with van der Waals surface area (Å²) in [4.78, 5) is 16.6. The highest BCUT2D eigenvalue weighted by Gasteiger charge is 2.17. The van der Waals surface area contributed by atoms with Crippen molar-refractivity contribution in [2.75, 3.05) is 6.61 Å². The molecule has 1 aliphatic rings. The Balaban J connectivity index is 1.73. The molecular formula is C13H15F2NO3. The third-order valence-electron chi connectivity index (χ3n) is 2.89. The molecule has 6 heteroatoms. The normalized spacial score (nSPS) is 15.5. The molecular weight excluding hydrogens is 256 g/mol. The summed E-state index contributed by atoms with van der Waals surface area (Å²) in [5.74, 6) is -2.21. The number of carbonyl (C=O) groups is 1. The fourth-order valence-corrected chi connectivity index (χ4v) is 1.92. The second kappa shape index (κ2) is 6.47. The van der Waals surface area contributed by atoms with E-state index in [2.05, 4.69) is 5.48 Å². The number of hydroxylamine groups is 1. The molecule has 0 saturated heterocycles. The van der Waals surface area contributed by atoms with Crippen LogP contribution in [0.4, 0.5) is 8.78 Å². The molecule has 0 aliphatic heterocycles. The van der Waals surface area contributed by atoms with Crippen LogP contribution in [0.5, 0.6) is 5.75 Å². The lowest BCUT2D eigenvalue weighted by Gasteiger charge is -2.12. The lowest BCUT2D eigenvalue weighted by atomic mass is 10.3. The molecule has 2 rings (SSSR count). The van der Waals surface area contributed by atoms with Gasteiger partial charge in [0.25, 0.3) is 5.91 Å². The smallest absolute Gasteiger partial charge is 0.281 e. The van der Waals surface area contributed by atoms with Gasteiger partial charge in [0.1, 0.15) is 5.82 Å². The summed E-state index contributed by atoms with van der Waals surface area (Å²) < 4.78 is 30.8. The van der Waals surface area contributed by atoms with Gasteiger partial charge in [0.15, 0.2) is 18.2 Å². The Morgan fingerprint density at radius 3 is 2.74 bits per heavy atom. The van der Waals surface area contributed by atoms with Gasteiger partial charge in [0.05, 0.1) is 6.10 Å². The average molecular weight is 271 g/mol. The number of ether oxygens (including phenoxy) is 1. The van der Waals surface area contributed by atoms with E-state index in [4.69, 9.17) is 9.57 Å². The molecule has 1 aliphatic carbocycles. The fourth-order valence-electron chi connectivity index (χ4n) is 1.92. The van der Waals surface area contributed by atoms with Crippen LogP contribution in [-0.2, 0) is 9.63 Å². The van der Waals surface area contributed by atoms with E-state index in [1.165, 1.54) is 0 Å². The molecule has 1 aromatic carbocycles. The van der Waals surface area contributed by atoms with Crippen LogP contribution in [-0.4, -0.2) is 18.6 Å². The quantitative estimate of drug-likeness (QED) is 0.836. The summed E-state index contributed by atoms with van der Waals surface area (Å²) in [6, 6.07) is 2.89. The molecule has 1 fully saturated rings. The van der Waals surface area contributed by atoms with Gasteiger partial charge in [0, 0.05) is 6.07 Å². The maximum absolute atomic E-state index is 13.2. The highest BCUT2D eigenvalue weighted by molar-refractivity contribution is 5.76. The number of halogens is 2. The average Bonchev–Trinajstić information content (AvgIpc) is 2.88. The molecule has 19 heavy (non-hydrogen) atoms. The number of carbonyl (C=O) groups excluding carboxylic acids is 1. The van der Waals surface area contributed by atoms with Crippen LogP contribution in [0.15, 0.2) is 18.2 Å². The lowest BCUT2D eigenvalue weighted by Crippen LogP contribution is -2.32. The molecule has 0 bridgehead atoms. The highest BCUT2D eigenvalue weighted by Crippen LogP contribution is 2.20. The van der Waals surface area contributed by atoms with Crippen molar-refractivity contribution >= 4 is 5.91 Å². The maximum Gasteiger partial charge on any atom is 0.281 e. The van der Waals surface area contributed by atoms with Crippen LogP contribution in [0.2, 0.25) is 0 Å². The van der Waals surface area contributed by atoms with Crippen molar-refractivity contribution < 1.29 is 23.1 Å². The van der Waals surface area contributed by atoms with Gasteiger partial charge in [0.2, 0.25) is 0 Å². The van der Waals surface area contributed by atoms with Crippen molar-refractivity contribution in [3.63, 3.8) is 0 Å². The maximum atomic E-state index is 13.2. The zero-order chi connectivity index (χ0) is 13.7. The number of nitrogens with one attached hydrogen (secondary N) is 1. The standard InChI is InChI=1S/C13H15F2NO3/c14-9-5-6-12(11(15)7-9)18-8-13(17)16-19-10-3-1-2-4-10/h5-7,10H,1-4,8H2,(H,16,17). The SMILES string of the molecule is O=C(COc1ccc(F)cc1F)NOC1CCCC1. The van der Waals surface area contributed by atoms with Crippen molar-refractivity contribution in [2.45, 2.75) is 31.8 Å². The van der Waals surface area contributed by atoms with E-state index in [0.717, 1.165) is 37.8 Å². The second-order valence-corrected chi connectivity index (χ2v) is 4.41. The molecule has 0 atom stereocenters. The van der Waals surface area contributed by atoms with Gasteiger partial charge in [-0.1, -0.05) is 12.8 Å². The van der Waals surface area contributed by atoms with Gasteiger partial charge in [-0.15, -0.1) is 0 Å². The van der Waals surface area contributed by atoms with Gasteiger partial charge < -0.3 is 4.74 Å². The van der Waals surface area contributed by atoms with Crippen molar-refractivity contribution in [3.05, 3.63) is 29.8 Å². The van der Waals surface area contributed by atoms with Gasteiger partial charge in [-0.05, 0) is 25.0 Å². The topological polar surface area (TPSA) is 47.6 Å². The predicted molar refractivity (Wildman–Crippen MR) is 63.3 cm³/mol. The highest BCUT2D eigenvalue weighted by atomic mass is 19.1. The first kappa shape index (κ1) is 13.7. The van der Waals surface area contributed by atoms with E-state index < -0.39 is 17.5 Å². The summed E-state index contributed by atoms with van der Waals surface area (Å²) in [5.41, 5.74) is 2.27. The zero-order valence-electron chi connectivity index (χ0n) is 10.3. The van der Waals surface area contributed by atoms with E-state index >= 15 is 0 Å². The summed E-state index contributed by atoms with van der Waals surface area (Å²) in [6.45, 7) is -0.380.